The molecule has 0 radical (unpaired) electrons. The lowest BCUT2D eigenvalue weighted by molar-refractivity contribution is -0.154. The Morgan fingerprint density at radius 2 is 2.08 bits per heavy atom. The van der Waals surface area contributed by atoms with E-state index in [1.54, 1.807) is 6.92 Å². The zero-order chi connectivity index (χ0) is 17.9. The molecule has 0 saturated carbocycles. The van der Waals surface area contributed by atoms with Crippen LogP contribution in [-0.2, 0) is 4.79 Å². The molecule has 0 spiro atoms. The fourth-order valence-corrected chi connectivity index (χ4v) is 2.51. The van der Waals surface area contributed by atoms with Crippen molar-refractivity contribution in [3.8, 4) is 5.88 Å². The molecule has 0 aliphatic carbocycles. The highest BCUT2D eigenvalue weighted by atomic mass is 19.4. The topological polar surface area (TPSA) is 79.7 Å². The highest BCUT2D eigenvalue weighted by Gasteiger charge is 2.33. The Bertz CT molecular complexity index is 621. The van der Waals surface area contributed by atoms with Crippen molar-refractivity contribution in [2.45, 2.75) is 32.0 Å². The van der Waals surface area contributed by atoms with Gasteiger partial charge >= 0.3 is 12.1 Å². The second-order valence-corrected chi connectivity index (χ2v) is 5.68. The first-order valence-electron chi connectivity index (χ1n) is 7.38. The minimum Gasteiger partial charge on any atom is -0.481 e. The number of carboxylic acid groups (broad SMARTS) is 1. The van der Waals surface area contributed by atoms with E-state index in [0.29, 0.717) is 12.8 Å². The van der Waals surface area contributed by atoms with Crippen LogP contribution in [0, 0.1) is 5.92 Å². The van der Waals surface area contributed by atoms with Gasteiger partial charge in [-0.15, -0.1) is 0 Å². The van der Waals surface area contributed by atoms with E-state index >= 15 is 0 Å². The average molecular weight is 346 g/mol. The summed E-state index contributed by atoms with van der Waals surface area (Å²) in [6.07, 6.45) is -3.49. The summed E-state index contributed by atoms with van der Waals surface area (Å²) in [6, 6.07) is 3.78. The molecule has 1 aliphatic rings. The Morgan fingerprint density at radius 1 is 1.38 bits per heavy atom. The van der Waals surface area contributed by atoms with Crippen molar-refractivity contribution in [3.63, 3.8) is 0 Å². The first kappa shape index (κ1) is 18.0. The first-order valence-corrected chi connectivity index (χ1v) is 7.38. The van der Waals surface area contributed by atoms with E-state index in [0.717, 1.165) is 0 Å². The Kier molecular flexibility index (Phi) is 5.30. The maximum absolute atomic E-state index is 12.5. The zero-order valence-electron chi connectivity index (χ0n) is 12.9. The number of halogens is 3. The molecule has 132 valence electrons. The molecular weight excluding hydrogens is 329 g/mol. The Balaban J connectivity index is 2.12. The molecule has 9 heteroatoms. The van der Waals surface area contributed by atoms with E-state index in [1.165, 1.54) is 23.1 Å². The molecule has 0 aromatic carbocycles. The van der Waals surface area contributed by atoms with Crippen molar-refractivity contribution in [2.75, 3.05) is 13.2 Å². The summed E-state index contributed by atoms with van der Waals surface area (Å²) < 4.78 is 41.1. The predicted octanol–water partition coefficient (Wildman–Crippen LogP) is 2.35. The van der Waals surface area contributed by atoms with Crippen molar-refractivity contribution < 1.29 is 32.6 Å². The van der Waals surface area contributed by atoms with Crippen LogP contribution in [0.5, 0.6) is 5.88 Å². The van der Waals surface area contributed by atoms with Crippen LogP contribution in [0.1, 0.15) is 30.3 Å². The maximum atomic E-state index is 12.5. The second kappa shape index (κ2) is 7.06. The van der Waals surface area contributed by atoms with Gasteiger partial charge in [-0.2, -0.15) is 13.2 Å². The molecule has 2 atom stereocenters. The standard InChI is InChI=1S/C15H17F3N2O4/c1-9-5-6-10(14(22)23)7-20(9)13(21)11-3-2-4-12(19-11)24-8-15(16,17)18/h2-4,9-10H,5-8H2,1H3,(H,22,23). The number of carbonyl (C=O) groups is 2. The number of hydrogen-bond acceptors (Lipinski definition) is 4. The molecule has 1 amide bonds. The van der Waals surface area contributed by atoms with E-state index in [9.17, 15) is 22.8 Å². The summed E-state index contributed by atoms with van der Waals surface area (Å²) >= 11 is 0. The summed E-state index contributed by atoms with van der Waals surface area (Å²) in [7, 11) is 0. The molecule has 1 saturated heterocycles. The third kappa shape index (κ3) is 4.59. The molecular formula is C15H17F3N2O4. The van der Waals surface area contributed by atoms with E-state index in [2.05, 4.69) is 9.72 Å². The lowest BCUT2D eigenvalue weighted by atomic mass is 9.93. The molecule has 0 bridgehead atoms. The number of alkyl halides is 3. The molecule has 2 unspecified atom stereocenters. The maximum Gasteiger partial charge on any atom is 0.422 e. The van der Waals surface area contributed by atoms with E-state index in [-0.39, 0.29) is 24.2 Å². The van der Waals surface area contributed by atoms with Gasteiger partial charge in [0.05, 0.1) is 5.92 Å². The Labute approximate surface area is 136 Å². The van der Waals surface area contributed by atoms with Gasteiger partial charge in [0.15, 0.2) is 6.61 Å². The summed E-state index contributed by atoms with van der Waals surface area (Å²) in [5.74, 6) is -2.46. The highest BCUT2D eigenvalue weighted by molar-refractivity contribution is 5.93. The Morgan fingerprint density at radius 3 is 2.71 bits per heavy atom. The van der Waals surface area contributed by atoms with Gasteiger partial charge in [0.25, 0.3) is 5.91 Å². The number of amides is 1. The van der Waals surface area contributed by atoms with Crippen LogP contribution < -0.4 is 4.74 Å². The number of carboxylic acids is 1. The fourth-order valence-electron chi connectivity index (χ4n) is 2.51. The quantitative estimate of drug-likeness (QED) is 0.905. The number of nitrogens with zero attached hydrogens (tertiary/aromatic N) is 2. The number of rotatable bonds is 4. The number of piperidine rings is 1. The number of pyridine rings is 1. The number of hydrogen-bond donors (Lipinski definition) is 1. The molecule has 1 aliphatic heterocycles. The molecule has 1 N–H and O–H groups in total. The van der Waals surface area contributed by atoms with Gasteiger partial charge < -0.3 is 14.7 Å². The molecule has 2 rings (SSSR count). The number of ether oxygens (including phenoxy) is 1. The molecule has 6 nitrogen and oxygen atoms in total. The number of carbonyl (C=O) groups excluding carboxylic acids is 1. The third-order valence-electron chi connectivity index (χ3n) is 3.82. The summed E-state index contributed by atoms with van der Waals surface area (Å²) in [6.45, 7) is 0.337. The van der Waals surface area contributed by atoms with E-state index < -0.39 is 30.6 Å². The minimum atomic E-state index is -4.50. The molecule has 1 fully saturated rings. The third-order valence-corrected chi connectivity index (χ3v) is 3.82. The minimum absolute atomic E-state index is 0.0463. The monoisotopic (exact) mass is 346 g/mol. The van der Waals surface area contributed by atoms with Crippen molar-refractivity contribution >= 4 is 11.9 Å². The summed E-state index contributed by atoms with van der Waals surface area (Å²) in [5, 5.41) is 9.10. The molecule has 2 heterocycles. The van der Waals surface area contributed by atoms with Crippen LogP contribution in [0.3, 0.4) is 0 Å². The summed E-state index contributed by atoms with van der Waals surface area (Å²) in [5.41, 5.74) is -0.0763. The van der Waals surface area contributed by atoms with Gasteiger partial charge in [-0.3, -0.25) is 9.59 Å². The first-order chi connectivity index (χ1) is 11.2. The van der Waals surface area contributed by atoms with Crippen molar-refractivity contribution in [1.29, 1.82) is 0 Å². The van der Waals surface area contributed by atoms with Crippen LogP contribution in [-0.4, -0.2) is 52.2 Å². The zero-order valence-corrected chi connectivity index (χ0v) is 12.9. The fraction of sp³-hybridized carbons (Fsp3) is 0.533. The predicted molar refractivity (Wildman–Crippen MR) is 76.6 cm³/mol. The van der Waals surface area contributed by atoms with E-state index in [1.807, 2.05) is 0 Å². The smallest absolute Gasteiger partial charge is 0.422 e. The molecule has 24 heavy (non-hydrogen) atoms. The Hall–Kier alpha value is -2.32. The average Bonchev–Trinajstić information content (AvgIpc) is 2.52. The van der Waals surface area contributed by atoms with Crippen molar-refractivity contribution in [2.24, 2.45) is 5.92 Å². The van der Waals surface area contributed by atoms with Gasteiger partial charge in [-0.05, 0) is 25.8 Å². The van der Waals surface area contributed by atoms with E-state index in [4.69, 9.17) is 5.11 Å². The van der Waals surface area contributed by atoms with Gasteiger partial charge in [0.1, 0.15) is 5.69 Å². The van der Waals surface area contributed by atoms with Crippen LogP contribution in [0.2, 0.25) is 0 Å². The van der Waals surface area contributed by atoms with Crippen molar-refractivity contribution in [1.82, 2.24) is 9.88 Å². The number of aliphatic carboxylic acids is 1. The number of aromatic nitrogens is 1. The summed E-state index contributed by atoms with van der Waals surface area (Å²) in [4.78, 5) is 28.8. The molecule has 1 aromatic rings. The second-order valence-electron chi connectivity index (χ2n) is 5.68. The SMILES string of the molecule is CC1CCC(C(=O)O)CN1C(=O)c1cccc(OCC(F)(F)F)n1. The van der Waals surface area contributed by atoms with Gasteiger partial charge in [0, 0.05) is 18.7 Å². The number of likely N-dealkylation sites (tertiary alicyclic amines) is 1. The lowest BCUT2D eigenvalue weighted by Crippen LogP contribution is -2.47. The van der Waals surface area contributed by atoms with Gasteiger partial charge in [0.2, 0.25) is 5.88 Å². The van der Waals surface area contributed by atoms with Crippen LogP contribution in [0.15, 0.2) is 18.2 Å². The normalized spacial score (nSPS) is 21.4. The molecule has 1 aromatic heterocycles. The van der Waals surface area contributed by atoms with Crippen LogP contribution in [0.25, 0.3) is 0 Å². The van der Waals surface area contributed by atoms with Crippen LogP contribution >= 0.6 is 0 Å². The highest BCUT2D eigenvalue weighted by Crippen LogP contribution is 2.24. The van der Waals surface area contributed by atoms with Crippen LogP contribution in [0.4, 0.5) is 13.2 Å². The van der Waals surface area contributed by atoms with Gasteiger partial charge in [-0.25, -0.2) is 4.98 Å². The largest absolute Gasteiger partial charge is 0.481 e. The lowest BCUT2D eigenvalue weighted by Gasteiger charge is -2.36. The van der Waals surface area contributed by atoms with Gasteiger partial charge in [-0.1, -0.05) is 6.07 Å². The van der Waals surface area contributed by atoms with Crippen molar-refractivity contribution in [3.05, 3.63) is 23.9 Å².